The van der Waals surface area contributed by atoms with Gasteiger partial charge >= 0.3 is 5.97 Å². The molecule has 100 valence electrons. The standard InChI is InChI=1S/C10H18O7/c1-4(2)17-10(15)8(14)9-7(13)6(12)5(11)3-16-9/h4-9,11-14H,3H2,1-2H3/t5-,6+,7-,8?,9?/m1/s1. The van der Waals surface area contributed by atoms with Gasteiger partial charge in [-0.1, -0.05) is 0 Å². The highest BCUT2D eigenvalue weighted by molar-refractivity contribution is 5.75. The van der Waals surface area contributed by atoms with Crippen LogP contribution < -0.4 is 0 Å². The molecule has 0 aromatic rings. The molecule has 1 heterocycles. The summed E-state index contributed by atoms with van der Waals surface area (Å²) < 4.78 is 9.68. The Balaban J connectivity index is 2.63. The summed E-state index contributed by atoms with van der Waals surface area (Å²) in [6, 6.07) is 0. The molecular formula is C10H18O7. The summed E-state index contributed by atoms with van der Waals surface area (Å²) >= 11 is 0. The summed E-state index contributed by atoms with van der Waals surface area (Å²) in [5.41, 5.74) is 0. The molecule has 0 aliphatic carbocycles. The molecule has 0 aromatic heterocycles. The Morgan fingerprint density at radius 2 is 1.88 bits per heavy atom. The lowest BCUT2D eigenvalue weighted by Crippen LogP contribution is -2.58. The minimum absolute atomic E-state index is 0.269. The Labute approximate surface area is 98.6 Å². The van der Waals surface area contributed by atoms with Gasteiger partial charge in [0.15, 0.2) is 6.10 Å². The zero-order valence-electron chi connectivity index (χ0n) is 9.68. The summed E-state index contributed by atoms with van der Waals surface area (Å²) in [5.74, 6) is -0.937. The highest BCUT2D eigenvalue weighted by Crippen LogP contribution is 2.19. The normalized spacial score (nSPS) is 35.7. The van der Waals surface area contributed by atoms with Gasteiger partial charge in [-0.25, -0.2) is 4.79 Å². The summed E-state index contributed by atoms with van der Waals surface area (Å²) in [4.78, 5) is 11.4. The molecule has 0 aromatic carbocycles. The lowest BCUT2D eigenvalue weighted by molar-refractivity contribution is -0.218. The minimum atomic E-state index is -1.70. The zero-order chi connectivity index (χ0) is 13.2. The third-order valence-electron chi connectivity index (χ3n) is 2.44. The van der Waals surface area contributed by atoms with Crippen LogP contribution in [0.25, 0.3) is 0 Å². The number of esters is 1. The van der Waals surface area contributed by atoms with E-state index >= 15 is 0 Å². The fraction of sp³-hybridized carbons (Fsp3) is 0.900. The molecule has 0 saturated carbocycles. The molecule has 1 rings (SSSR count). The second-order valence-electron chi connectivity index (χ2n) is 4.28. The summed E-state index contributed by atoms with van der Waals surface area (Å²) in [6.45, 7) is 2.96. The van der Waals surface area contributed by atoms with Crippen LogP contribution in [0.3, 0.4) is 0 Å². The third-order valence-corrected chi connectivity index (χ3v) is 2.44. The van der Waals surface area contributed by atoms with Crippen molar-refractivity contribution in [2.75, 3.05) is 6.61 Å². The number of hydrogen-bond donors (Lipinski definition) is 4. The quantitative estimate of drug-likeness (QED) is 0.419. The Kier molecular flexibility index (Phi) is 4.84. The van der Waals surface area contributed by atoms with Crippen molar-refractivity contribution in [3.05, 3.63) is 0 Å². The van der Waals surface area contributed by atoms with Crippen LogP contribution in [-0.4, -0.2) is 69.6 Å². The van der Waals surface area contributed by atoms with Gasteiger partial charge in [0.1, 0.15) is 24.4 Å². The SMILES string of the molecule is CC(C)OC(=O)C(O)C1OC[C@@H](O)[C@H](O)[C@H]1O. The third kappa shape index (κ3) is 3.36. The number of hydrogen-bond acceptors (Lipinski definition) is 7. The second kappa shape index (κ2) is 5.74. The molecule has 0 bridgehead atoms. The van der Waals surface area contributed by atoms with Gasteiger partial charge in [-0.15, -0.1) is 0 Å². The van der Waals surface area contributed by atoms with Gasteiger partial charge in [0, 0.05) is 0 Å². The topological polar surface area (TPSA) is 116 Å². The Morgan fingerprint density at radius 1 is 1.29 bits per heavy atom. The van der Waals surface area contributed by atoms with Crippen LogP contribution in [-0.2, 0) is 14.3 Å². The lowest BCUT2D eigenvalue weighted by atomic mass is 9.96. The van der Waals surface area contributed by atoms with Crippen molar-refractivity contribution < 1.29 is 34.7 Å². The van der Waals surface area contributed by atoms with Crippen molar-refractivity contribution in [3.63, 3.8) is 0 Å². The fourth-order valence-electron chi connectivity index (χ4n) is 1.54. The van der Waals surface area contributed by atoms with E-state index in [-0.39, 0.29) is 6.61 Å². The van der Waals surface area contributed by atoms with Crippen LogP contribution in [0.5, 0.6) is 0 Å². The molecule has 1 aliphatic rings. The van der Waals surface area contributed by atoms with Gasteiger partial charge in [-0.2, -0.15) is 0 Å². The van der Waals surface area contributed by atoms with Crippen LogP contribution in [0.15, 0.2) is 0 Å². The first kappa shape index (κ1) is 14.3. The van der Waals surface area contributed by atoms with Gasteiger partial charge in [0.2, 0.25) is 0 Å². The van der Waals surface area contributed by atoms with E-state index in [2.05, 4.69) is 0 Å². The number of aliphatic hydroxyl groups is 4. The van der Waals surface area contributed by atoms with Crippen molar-refractivity contribution in [1.29, 1.82) is 0 Å². The minimum Gasteiger partial charge on any atom is -0.461 e. The van der Waals surface area contributed by atoms with E-state index in [0.717, 1.165) is 0 Å². The average Bonchev–Trinajstić information content (AvgIpc) is 2.24. The van der Waals surface area contributed by atoms with Gasteiger partial charge < -0.3 is 29.9 Å². The molecule has 4 N–H and O–H groups in total. The van der Waals surface area contributed by atoms with Gasteiger partial charge in [-0.3, -0.25) is 0 Å². The molecule has 2 unspecified atom stereocenters. The molecule has 1 fully saturated rings. The number of ether oxygens (including phenoxy) is 2. The van der Waals surface area contributed by atoms with Crippen molar-refractivity contribution in [2.24, 2.45) is 0 Å². The maximum Gasteiger partial charge on any atom is 0.338 e. The maximum atomic E-state index is 11.4. The number of carbonyl (C=O) groups excluding carboxylic acids is 1. The predicted molar refractivity (Wildman–Crippen MR) is 55.0 cm³/mol. The van der Waals surface area contributed by atoms with E-state index in [1.165, 1.54) is 0 Å². The Bertz CT molecular complexity index is 267. The van der Waals surface area contributed by atoms with E-state index in [9.17, 15) is 25.2 Å². The Morgan fingerprint density at radius 3 is 2.41 bits per heavy atom. The zero-order valence-corrected chi connectivity index (χ0v) is 9.68. The Hall–Kier alpha value is -0.730. The monoisotopic (exact) mass is 250 g/mol. The van der Waals surface area contributed by atoms with Crippen LogP contribution in [0.4, 0.5) is 0 Å². The van der Waals surface area contributed by atoms with Crippen molar-refractivity contribution in [3.8, 4) is 0 Å². The second-order valence-corrected chi connectivity index (χ2v) is 4.28. The fourth-order valence-corrected chi connectivity index (χ4v) is 1.54. The van der Waals surface area contributed by atoms with E-state index < -0.39 is 42.6 Å². The van der Waals surface area contributed by atoms with Gasteiger partial charge in [0.05, 0.1) is 12.7 Å². The first-order valence-electron chi connectivity index (χ1n) is 5.39. The first-order chi connectivity index (χ1) is 7.84. The molecule has 0 radical (unpaired) electrons. The molecule has 0 amide bonds. The number of rotatable bonds is 3. The highest BCUT2D eigenvalue weighted by Gasteiger charge is 2.44. The van der Waals surface area contributed by atoms with Crippen LogP contribution in [0.1, 0.15) is 13.8 Å². The molecular weight excluding hydrogens is 232 g/mol. The largest absolute Gasteiger partial charge is 0.461 e. The van der Waals surface area contributed by atoms with Crippen molar-refractivity contribution in [1.82, 2.24) is 0 Å². The number of aliphatic hydroxyl groups excluding tert-OH is 4. The average molecular weight is 250 g/mol. The molecule has 7 heteroatoms. The van der Waals surface area contributed by atoms with Crippen molar-refractivity contribution in [2.45, 2.75) is 50.5 Å². The lowest BCUT2D eigenvalue weighted by Gasteiger charge is -2.36. The molecule has 5 atom stereocenters. The molecule has 17 heavy (non-hydrogen) atoms. The molecule has 7 nitrogen and oxygen atoms in total. The van der Waals surface area contributed by atoms with E-state index in [1.54, 1.807) is 13.8 Å². The van der Waals surface area contributed by atoms with Crippen LogP contribution in [0.2, 0.25) is 0 Å². The van der Waals surface area contributed by atoms with Crippen LogP contribution in [0, 0.1) is 0 Å². The predicted octanol–water partition coefficient (Wildman–Crippen LogP) is -2.22. The van der Waals surface area contributed by atoms with E-state index in [4.69, 9.17) is 9.47 Å². The summed E-state index contributed by atoms with van der Waals surface area (Å²) in [5, 5.41) is 37.8. The first-order valence-corrected chi connectivity index (χ1v) is 5.39. The molecule has 0 spiro atoms. The summed E-state index contributed by atoms with van der Waals surface area (Å²) in [6.07, 6.45) is -7.67. The maximum absolute atomic E-state index is 11.4. The van der Waals surface area contributed by atoms with Gasteiger partial charge in [-0.05, 0) is 13.8 Å². The summed E-state index contributed by atoms with van der Waals surface area (Å²) in [7, 11) is 0. The van der Waals surface area contributed by atoms with E-state index in [0.29, 0.717) is 0 Å². The van der Waals surface area contributed by atoms with Crippen molar-refractivity contribution >= 4 is 5.97 Å². The highest BCUT2D eigenvalue weighted by atomic mass is 16.6. The van der Waals surface area contributed by atoms with E-state index in [1.807, 2.05) is 0 Å². The number of carbonyl (C=O) groups is 1. The molecule has 1 aliphatic heterocycles. The molecule has 1 saturated heterocycles. The smallest absolute Gasteiger partial charge is 0.338 e. The van der Waals surface area contributed by atoms with Crippen LogP contribution >= 0.6 is 0 Å². The van der Waals surface area contributed by atoms with Gasteiger partial charge in [0.25, 0.3) is 0 Å².